The summed E-state index contributed by atoms with van der Waals surface area (Å²) in [6.45, 7) is 8.15. The van der Waals surface area contributed by atoms with Crippen molar-refractivity contribution in [2.45, 2.75) is 27.3 Å². The van der Waals surface area contributed by atoms with Crippen molar-refractivity contribution in [3.05, 3.63) is 53.6 Å². The maximum Gasteiger partial charge on any atom is 0.251 e. The predicted molar refractivity (Wildman–Crippen MR) is 117 cm³/mol. The zero-order valence-electron chi connectivity index (χ0n) is 17.5. The highest BCUT2D eigenvalue weighted by atomic mass is 16.5. The number of aliphatic imine (C=N–C) groups is 1. The molecule has 0 aliphatic heterocycles. The second-order valence-corrected chi connectivity index (χ2v) is 6.18. The second kappa shape index (κ2) is 11.6. The second-order valence-electron chi connectivity index (χ2n) is 6.18. The van der Waals surface area contributed by atoms with Gasteiger partial charge in [-0.15, -0.1) is 0 Å². The first kappa shape index (κ1) is 22.1. The lowest BCUT2D eigenvalue weighted by Gasteiger charge is -2.14. The molecule has 2 rings (SSSR count). The number of methoxy groups -OCH3 is 1. The van der Waals surface area contributed by atoms with Crippen molar-refractivity contribution in [3.8, 4) is 11.5 Å². The Labute approximate surface area is 172 Å². The van der Waals surface area contributed by atoms with Crippen LogP contribution in [0.3, 0.4) is 0 Å². The van der Waals surface area contributed by atoms with Crippen LogP contribution in [-0.2, 0) is 6.54 Å². The summed E-state index contributed by atoms with van der Waals surface area (Å²) in [5, 5.41) is 9.32. The van der Waals surface area contributed by atoms with Gasteiger partial charge >= 0.3 is 0 Å². The van der Waals surface area contributed by atoms with Gasteiger partial charge < -0.3 is 25.4 Å². The Balaban J connectivity index is 2.15. The average Bonchev–Trinajstić information content (AvgIpc) is 2.73. The first-order valence-electron chi connectivity index (χ1n) is 9.84. The van der Waals surface area contributed by atoms with E-state index in [-0.39, 0.29) is 5.91 Å². The molecular weight excluding hydrogens is 368 g/mol. The summed E-state index contributed by atoms with van der Waals surface area (Å²) >= 11 is 0. The lowest BCUT2D eigenvalue weighted by atomic mass is 10.1. The molecule has 0 unspecified atom stereocenters. The van der Waals surface area contributed by atoms with Crippen LogP contribution in [0, 0.1) is 0 Å². The highest BCUT2D eigenvalue weighted by Gasteiger charge is 2.08. The molecule has 2 aromatic rings. The summed E-state index contributed by atoms with van der Waals surface area (Å²) in [6, 6.07) is 13.1. The van der Waals surface area contributed by atoms with E-state index in [9.17, 15) is 4.79 Å². The molecule has 0 saturated heterocycles. The fourth-order valence-electron chi connectivity index (χ4n) is 2.71. The molecule has 0 aliphatic rings. The molecule has 0 saturated carbocycles. The Bertz CT molecular complexity index is 837. The molecular formula is C22H30N4O3. The van der Waals surface area contributed by atoms with Gasteiger partial charge in [-0.1, -0.05) is 12.1 Å². The molecule has 0 aromatic heterocycles. The van der Waals surface area contributed by atoms with Crippen LogP contribution in [0.15, 0.2) is 47.5 Å². The van der Waals surface area contributed by atoms with E-state index in [4.69, 9.17) is 9.47 Å². The average molecular weight is 399 g/mol. The number of rotatable bonds is 9. The van der Waals surface area contributed by atoms with Crippen LogP contribution in [0.25, 0.3) is 0 Å². The number of benzene rings is 2. The molecule has 2 aromatic carbocycles. The number of hydrogen-bond donors (Lipinski definition) is 3. The van der Waals surface area contributed by atoms with Crippen molar-refractivity contribution >= 4 is 17.6 Å². The Morgan fingerprint density at radius 3 is 2.48 bits per heavy atom. The van der Waals surface area contributed by atoms with Crippen LogP contribution >= 0.6 is 0 Å². The molecule has 0 bridgehead atoms. The minimum atomic E-state index is -0.0787. The lowest BCUT2D eigenvalue weighted by Crippen LogP contribution is -2.30. The number of ether oxygens (including phenoxy) is 2. The first-order chi connectivity index (χ1) is 14.1. The van der Waals surface area contributed by atoms with E-state index in [0.717, 1.165) is 17.8 Å². The highest BCUT2D eigenvalue weighted by Crippen LogP contribution is 2.30. The molecule has 7 nitrogen and oxygen atoms in total. The molecule has 1 amide bonds. The van der Waals surface area contributed by atoms with Crippen LogP contribution in [-0.4, -0.2) is 38.7 Å². The van der Waals surface area contributed by atoms with Gasteiger partial charge in [0.15, 0.2) is 17.5 Å². The van der Waals surface area contributed by atoms with E-state index in [1.807, 2.05) is 57.2 Å². The summed E-state index contributed by atoms with van der Waals surface area (Å²) in [5.74, 6) is 1.92. The van der Waals surface area contributed by atoms with Crippen LogP contribution in [0.4, 0.5) is 5.69 Å². The molecule has 0 fully saturated rings. The zero-order valence-corrected chi connectivity index (χ0v) is 17.5. The van der Waals surface area contributed by atoms with E-state index in [1.54, 1.807) is 13.2 Å². The van der Waals surface area contributed by atoms with Crippen LogP contribution in [0.2, 0.25) is 0 Å². The Kier molecular flexibility index (Phi) is 8.82. The molecule has 0 radical (unpaired) electrons. The van der Waals surface area contributed by atoms with Gasteiger partial charge in [0.2, 0.25) is 0 Å². The van der Waals surface area contributed by atoms with Gasteiger partial charge in [-0.2, -0.15) is 0 Å². The molecule has 0 spiro atoms. The number of amides is 1. The third-order valence-corrected chi connectivity index (χ3v) is 4.02. The van der Waals surface area contributed by atoms with Crippen LogP contribution in [0.1, 0.15) is 36.7 Å². The fraction of sp³-hybridized carbons (Fsp3) is 0.364. The summed E-state index contributed by atoms with van der Waals surface area (Å²) in [7, 11) is 1.62. The van der Waals surface area contributed by atoms with Gasteiger partial charge in [-0.05, 0) is 50.6 Å². The maximum atomic E-state index is 12.0. The fourth-order valence-corrected chi connectivity index (χ4v) is 2.71. The third kappa shape index (κ3) is 6.71. The number of anilines is 1. The van der Waals surface area contributed by atoms with Crippen LogP contribution < -0.4 is 25.4 Å². The first-order valence-corrected chi connectivity index (χ1v) is 9.84. The topological polar surface area (TPSA) is 84.0 Å². The number of guanidine groups is 1. The number of nitrogens with zero attached hydrogens (tertiary/aromatic N) is 1. The lowest BCUT2D eigenvalue weighted by molar-refractivity contribution is 0.0955. The summed E-state index contributed by atoms with van der Waals surface area (Å²) < 4.78 is 11.0. The molecule has 0 aliphatic carbocycles. The largest absolute Gasteiger partial charge is 0.493 e. The summed E-state index contributed by atoms with van der Waals surface area (Å²) in [6.07, 6.45) is 0. The van der Waals surface area contributed by atoms with E-state index in [1.165, 1.54) is 0 Å². The minimum absolute atomic E-state index is 0.0787. The molecule has 7 heteroatoms. The zero-order chi connectivity index (χ0) is 21.1. The third-order valence-electron chi connectivity index (χ3n) is 4.02. The van der Waals surface area contributed by atoms with Crippen molar-refractivity contribution in [1.29, 1.82) is 0 Å². The van der Waals surface area contributed by atoms with Gasteiger partial charge in [0.25, 0.3) is 5.91 Å². The van der Waals surface area contributed by atoms with E-state index in [2.05, 4.69) is 20.9 Å². The molecule has 29 heavy (non-hydrogen) atoms. The van der Waals surface area contributed by atoms with Gasteiger partial charge in [0.1, 0.15) is 0 Å². The van der Waals surface area contributed by atoms with Gasteiger partial charge in [0, 0.05) is 30.4 Å². The van der Waals surface area contributed by atoms with Crippen molar-refractivity contribution in [3.63, 3.8) is 0 Å². The quantitative estimate of drug-likeness (QED) is 0.445. The van der Waals surface area contributed by atoms with Crippen molar-refractivity contribution in [1.82, 2.24) is 10.6 Å². The molecule has 156 valence electrons. The van der Waals surface area contributed by atoms with Gasteiger partial charge in [-0.25, -0.2) is 4.99 Å². The van der Waals surface area contributed by atoms with Crippen molar-refractivity contribution in [2.24, 2.45) is 4.99 Å². The minimum Gasteiger partial charge on any atom is -0.493 e. The standard InChI is InChI=1S/C22H30N4O3/c1-5-23-21(27)17-10-8-9-16(13-17)15-25-22(24-6-2)26-18-11-12-19(28-4)20(14-18)29-7-3/h8-14H,5-7,15H2,1-4H3,(H,23,27)(H2,24,25,26). The van der Waals surface area contributed by atoms with E-state index in [0.29, 0.717) is 42.7 Å². The van der Waals surface area contributed by atoms with Crippen molar-refractivity contribution in [2.75, 3.05) is 32.1 Å². The highest BCUT2D eigenvalue weighted by molar-refractivity contribution is 5.95. The van der Waals surface area contributed by atoms with E-state index < -0.39 is 0 Å². The number of carbonyl (C=O) groups excluding carboxylic acids is 1. The van der Waals surface area contributed by atoms with Gasteiger partial charge in [-0.3, -0.25) is 4.79 Å². The summed E-state index contributed by atoms with van der Waals surface area (Å²) in [5.41, 5.74) is 2.43. The summed E-state index contributed by atoms with van der Waals surface area (Å²) in [4.78, 5) is 16.7. The molecule has 0 atom stereocenters. The Hall–Kier alpha value is -3.22. The normalized spacial score (nSPS) is 11.0. The Morgan fingerprint density at radius 1 is 1.00 bits per heavy atom. The monoisotopic (exact) mass is 398 g/mol. The molecule has 0 heterocycles. The maximum absolute atomic E-state index is 12.0. The molecule has 3 N–H and O–H groups in total. The number of hydrogen-bond acceptors (Lipinski definition) is 4. The Morgan fingerprint density at radius 2 is 1.79 bits per heavy atom. The smallest absolute Gasteiger partial charge is 0.251 e. The van der Waals surface area contributed by atoms with E-state index >= 15 is 0 Å². The number of carbonyl (C=O) groups is 1. The van der Waals surface area contributed by atoms with Crippen molar-refractivity contribution < 1.29 is 14.3 Å². The number of nitrogens with one attached hydrogen (secondary N) is 3. The SMILES string of the molecule is CCNC(=O)c1cccc(CN=C(NCC)Nc2ccc(OC)c(OCC)c2)c1. The predicted octanol–water partition coefficient (Wildman–Crippen LogP) is 3.42. The van der Waals surface area contributed by atoms with Crippen LogP contribution in [0.5, 0.6) is 11.5 Å². The van der Waals surface area contributed by atoms with Gasteiger partial charge in [0.05, 0.1) is 20.3 Å².